The molecule has 0 bridgehead atoms. The van der Waals surface area contributed by atoms with Crippen LogP contribution in [0.5, 0.6) is 5.75 Å². The van der Waals surface area contributed by atoms with Crippen molar-refractivity contribution in [1.82, 2.24) is 10.2 Å². The van der Waals surface area contributed by atoms with Crippen LogP contribution in [0.15, 0.2) is 58.4 Å². The third kappa shape index (κ3) is 6.26. The van der Waals surface area contributed by atoms with Crippen molar-refractivity contribution in [2.75, 3.05) is 20.7 Å². The first kappa shape index (κ1) is 20.7. The number of rotatable bonds is 7. The SMILES string of the molecule is CCOc1ccc(CN(C)C(=NC)NCc2cccc(S(N)(=O)=O)c2)cc1. The first-order valence-electron chi connectivity index (χ1n) is 8.58. The molecule has 3 N–H and O–H groups in total. The minimum atomic E-state index is -3.71. The van der Waals surface area contributed by atoms with Gasteiger partial charge in [0, 0.05) is 27.2 Å². The topological polar surface area (TPSA) is 97.0 Å². The number of nitrogens with two attached hydrogens (primary N) is 1. The fourth-order valence-electron chi connectivity index (χ4n) is 2.60. The van der Waals surface area contributed by atoms with Crippen LogP contribution in [-0.2, 0) is 23.1 Å². The summed E-state index contributed by atoms with van der Waals surface area (Å²) in [6.45, 7) is 3.70. The Morgan fingerprint density at radius 1 is 1.19 bits per heavy atom. The molecule has 0 fully saturated rings. The number of hydrogen-bond acceptors (Lipinski definition) is 4. The maximum atomic E-state index is 11.5. The molecule has 0 unspecified atom stereocenters. The minimum absolute atomic E-state index is 0.0968. The van der Waals surface area contributed by atoms with Crippen LogP contribution in [0.4, 0.5) is 0 Å². The van der Waals surface area contributed by atoms with Gasteiger partial charge in [-0.3, -0.25) is 4.99 Å². The molecule has 0 saturated heterocycles. The molecule has 0 amide bonds. The molecule has 0 heterocycles. The standard InChI is InChI=1S/C19H26N4O3S/c1-4-26-17-10-8-15(9-11-17)14-23(3)19(21-2)22-13-16-6-5-7-18(12-16)27(20,24)25/h5-12H,4,13-14H2,1-3H3,(H,21,22)(H2,20,24,25). The Balaban J connectivity index is 1.98. The Labute approximate surface area is 160 Å². The number of nitrogens with zero attached hydrogens (tertiary/aromatic N) is 2. The largest absolute Gasteiger partial charge is 0.494 e. The second-order valence-corrected chi connectivity index (χ2v) is 7.59. The van der Waals surface area contributed by atoms with Gasteiger partial charge in [-0.25, -0.2) is 13.6 Å². The van der Waals surface area contributed by atoms with Crippen molar-refractivity contribution in [2.45, 2.75) is 24.9 Å². The van der Waals surface area contributed by atoms with Crippen molar-refractivity contribution in [3.63, 3.8) is 0 Å². The van der Waals surface area contributed by atoms with Gasteiger partial charge in [-0.15, -0.1) is 0 Å². The van der Waals surface area contributed by atoms with Crippen molar-refractivity contribution in [3.05, 3.63) is 59.7 Å². The Morgan fingerprint density at radius 2 is 1.89 bits per heavy atom. The summed E-state index contributed by atoms with van der Waals surface area (Å²) in [6, 6.07) is 14.5. The molecule has 146 valence electrons. The maximum Gasteiger partial charge on any atom is 0.238 e. The van der Waals surface area contributed by atoms with Crippen LogP contribution in [0, 0.1) is 0 Å². The highest BCUT2D eigenvalue weighted by Crippen LogP contribution is 2.14. The summed E-state index contributed by atoms with van der Waals surface area (Å²) < 4.78 is 28.4. The zero-order chi connectivity index (χ0) is 19.9. The van der Waals surface area contributed by atoms with Gasteiger partial charge < -0.3 is 15.0 Å². The van der Waals surface area contributed by atoms with Crippen LogP contribution in [0.1, 0.15) is 18.1 Å². The molecule has 0 spiro atoms. The number of nitrogens with one attached hydrogen (secondary N) is 1. The van der Waals surface area contributed by atoms with Crippen molar-refractivity contribution < 1.29 is 13.2 Å². The molecule has 2 rings (SSSR count). The van der Waals surface area contributed by atoms with Gasteiger partial charge in [-0.1, -0.05) is 24.3 Å². The van der Waals surface area contributed by atoms with Crippen molar-refractivity contribution in [3.8, 4) is 5.75 Å². The summed E-state index contributed by atoms with van der Waals surface area (Å²) in [5, 5.41) is 8.41. The second kappa shape index (κ2) is 9.38. The minimum Gasteiger partial charge on any atom is -0.494 e. The van der Waals surface area contributed by atoms with E-state index < -0.39 is 10.0 Å². The first-order valence-corrected chi connectivity index (χ1v) is 10.1. The number of ether oxygens (including phenoxy) is 1. The first-order chi connectivity index (χ1) is 12.8. The number of sulfonamides is 1. The fraction of sp³-hybridized carbons (Fsp3) is 0.316. The van der Waals surface area contributed by atoms with Crippen LogP contribution in [-0.4, -0.2) is 40.0 Å². The van der Waals surface area contributed by atoms with Gasteiger partial charge in [0.15, 0.2) is 5.96 Å². The van der Waals surface area contributed by atoms with Crippen molar-refractivity contribution in [2.24, 2.45) is 10.1 Å². The molecule has 27 heavy (non-hydrogen) atoms. The number of guanidine groups is 1. The Bertz CT molecular complexity index is 880. The predicted molar refractivity (Wildman–Crippen MR) is 107 cm³/mol. The molecule has 2 aromatic carbocycles. The zero-order valence-corrected chi connectivity index (χ0v) is 16.7. The summed E-state index contributed by atoms with van der Waals surface area (Å²) in [6.07, 6.45) is 0. The van der Waals surface area contributed by atoms with E-state index in [1.165, 1.54) is 6.07 Å². The maximum absolute atomic E-state index is 11.5. The Kier molecular flexibility index (Phi) is 7.20. The summed E-state index contributed by atoms with van der Waals surface area (Å²) in [5.74, 6) is 1.55. The highest BCUT2D eigenvalue weighted by Gasteiger charge is 2.10. The molecule has 0 atom stereocenters. The second-order valence-electron chi connectivity index (χ2n) is 6.03. The molecular weight excluding hydrogens is 364 g/mol. The van der Waals surface area contributed by atoms with Gasteiger partial charge in [-0.2, -0.15) is 0 Å². The molecular formula is C19H26N4O3S. The van der Waals surface area contributed by atoms with E-state index in [1.807, 2.05) is 49.2 Å². The monoisotopic (exact) mass is 390 g/mol. The Hall–Kier alpha value is -2.58. The molecule has 8 heteroatoms. The van der Waals surface area contributed by atoms with E-state index in [-0.39, 0.29) is 4.90 Å². The molecule has 0 saturated carbocycles. The molecule has 2 aromatic rings. The molecule has 0 aliphatic rings. The van der Waals surface area contributed by atoms with Gasteiger partial charge in [0.25, 0.3) is 0 Å². The third-order valence-electron chi connectivity index (χ3n) is 3.91. The van der Waals surface area contributed by atoms with E-state index in [1.54, 1.807) is 19.2 Å². The van der Waals surface area contributed by atoms with Crippen LogP contribution < -0.4 is 15.2 Å². The van der Waals surface area contributed by atoms with E-state index >= 15 is 0 Å². The van der Waals surface area contributed by atoms with Crippen LogP contribution >= 0.6 is 0 Å². The van der Waals surface area contributed by atoms with Crippen molar-refractivity contribution >= 4 is 16.0 Å². The lowest BCUT2D eigenvalue weighted by Gasteiger charge is -2.22. The van der Waals surface area contributed by atoms with Crippen LogP contribution in [0.25, 0.3) is 0 Å². The van der Waals surface area contributed by atoms with E-state index in [4.69, 9.17) is 9.88 Å². The van der Waals surface area contributed by atoms with Crippen LogP contribution in [0.3, 0.4) is 0 Å². The highest BCUT2D eigenvalue weighted by atomic mass is 32.2. The van der Waals surface area contributed by atoms with Gasteiger partial charge in [-0.05, 0) is 42.3 Å². The summed E-state index contributed by atoms with van der Waals surface area (Å²) in [7, 11) is -0.0697. The number of aliphatic imine (C=N–C) groups is 1. The average Bonchev–Trinajstić information content (AvgIpc) is 2.63. The average molecular weight is 391 g/mol. The Morgan fingerprint density at radius 3 is 2.48 bits per heavy atom. The number of primary sulfonamides is 1. The van der Waals surface area contributed by atoms with Gasteiger partial charge in [0.1, 0.15) is 5.75 Å². The molecule has 0 aliphatic heterocycles. The van der Waals surface area contributed by atoms with E-state index in [0.717, 1.165) is 16.9 Å². The third-order valence-corrected chi connectivity index (χ3v) is 4.82. The lowest BCUT2D eigenvalue weighted by molar-refractivity contribution is 0.340. The smallest absolute Gasteiger partial charge is 0.238 e. The quantitative estimate of drug-likeness (QED) is 0.556. The van der Waals surface area contributed by atoms with Gasteiger partial charge in [0.2, 0.25) is 10.0 Å². The zero-order valence-electron chi connectivity index (χ0n) is 15.8. The number of hydrogen-bond donors (Lipinski definition) is 2. The van der Waals surface area contributed by atoms with E-state index in [2.05, 4.69) is 10.3 Å². The predicted octanol–water partition coefficient (Wildman–Crippen LogP) is 1.94. The lowest BCUT2D eigenvalue weighted by atomic mass is 10.2. The highest BCUT2D eigenvalue weighted by molar-refractivity contribution is 7.89. The van der Waals surface area contributed by atoms with Crippen molar-refractivity contribution in [1.29, 1.82) is 0 Å². The summed E-state index contributed by atoms with van der Waals surface area (Å²) in [4.78, 5) is 6.36. The van der Waals surface area contributed by atoms with E-state index in [0.29, 0.717) is 25.7 Å². The molecule has 0 aliphatic carbocycles. The van der Waals surface area contributed by atoms with Gasteiger partial charge in [0.05, 0.1) is 11.5 Å². The van der Waals surface area contributed by atoms with Gasteiger partial charge >= 0.3 is 0 Å². The molecule has 0 aromatic heterocycles. The molecule has 0 radical (unpaired) electrons. The normalized spacial score (nSPS) is 11.9. The van der Waals surface area contributed by atoms with E-state index in [9.17, 15) is 8.42 Å². The van der Waals surface area contributed by atoms with Crippen LogP contribution in [0.2, 0.25) is 0 Å². The fourth-order valence-corrected chi connectivity index (χ4v) is 3.19. The molecule has 7 nitrogen and oxygen atoms in total. The lowest BCUT2D eigenvalue weighted by Crippen LogP contribution is -2.38. The summed E-state index contributed by atoms with van der Waals surface area (Å²) >= 11 is 0. The summed E-state index contributed by atoms with van der Waals surface area (Å²) in [5.41, 5.74) is 1.93. The number of benzene rings is 2.